The minimum atomic E-state index is -0.0732. The van der Waals surface area contributed by atoms with E-state index in [9.17, 15) is 4.79 Å². The average Bonchev–Trinajstić information content (AvgIpc) is 3.28. The molecule has 0 aliphatic heterocycles. The molecule has 1 N–H and O–H groups in total. The van der Waals surface area contributed by atoms with Gasteiger partial charge in [0.15, 0.2) is 0 Å². The van der Waals surface area contributed by atoms with Gasteiger partial charge in [-0.05, 0) is 24.3 Å². The Kier molecular flexibility index (Phi) is 4.98. The van der Waals surface area contributed by atoms with E-state index in [4.69, 9.17) is 4.52 Å². The van der Waals surface area contributed by atoms with E-state index in [-0.39, 0.29) is 12.3 Å². The summed E-state index contributed by atoms with van der Waals surface area (Å²) in [4.78, 5) is 16.8. The monoisotopic (exact) mass is 379 g/mol. The Bertz CT molecular complexity index is 967. The molecule has 0 spiro atoms. The predicted octanol–water partition coefficient (Wildman–Crippen LogP) is 4.04. The van der Waals surface area contributed by atoms with E-state index in [1.165, 1.54) is 5.56 Å². The second-order valence-electron chi connectivity index (χ2n) is 7.68. The third-order valence-corrected chi connectivity index (χ3v) is 5.09. The van der Waals surface area contributed by atoms with Gasteiger partial charge in [-0.15, -0.1) is 0 Å². The van der Waals surface area contributed by atoms with Crippen molar-refractivity contribution in [2.75, 3.05) is 5.32 Å². The number of benzene rings is 1. The maximum Gasteiger partial charge on any atom is 0.227 e. The molecule has 0 bridgehead atoms. The van der Waals surface area contributed by atoms with Crippen LogP contribution in [-0.4, -0.2) is 25.8 Å². The van der Waals surface area contributed by atoms with Crippen molar-refractivity contribution < 1.29 is 9.32 Å². The van der Waals surface area contributed by atoms with Crippen molar-refractivity contribution in [1.29, 1.82) is 0 Å². The number of nitrogens with zero attached hydrogens (tertiary/aromatic N) is 4. The molecule has 0 atom stereocenters. The molecule has 1 aliphatic rings. The Morgan fingerprint density at radius 3 is 2.71 bits per heavy atom. The lowest BCUT2D eigenvalue weighted by atomic mass is 10.0. The van der Waals surface area contributed by atoms with E-state index in [0.717, 1.165) is 29.8 Å². The molecule has 1 amide bonds. The van der Waals surface area contributed by atoms with Crippen LogP contribution in [0.3, 0.4) is 0 Å². The zero-order valence-corrected chi connectivity index (χ0v) is 16.5. The third-order valence-electron chi connectivity index (χ3n) is 5.09. The standard InChI is InChI=1S/C21H25N5O2/c1-13(2)14-4-8-16(9-5-14)21-24-19(28-25-21)11-10-18(27)23-17-12-22-26(3)20(17)15-6-7-15/h4-5,8-9,12-13,15H,6-7,10-11H2,1-3H3,(H,23,27). The van der Waals surface area contributed by atoms with Gasteiger partial charge in [0.25, 0.3) is 0 Å². The summed E-state index contributed by atoms with van der Waals surface area (Å²) in [5, 5.41) is 11.3. The van der Waals surface area contributed by atoms with Crippen molar-refractivity contribution in [3.8, 4) is 11.4 Å². The normalized spacial score (nSPS) is 13.9. The van der Waals surface area contributed by atoms with Crippen LogP contribution >= 0.6 is 0 Å². The summed E-state index contributed by atoms with van der Waals surface area (Å²) >= 11 is 0. The van der Waals surface area contributed by atoms with E-state index in [2.05, 4.69) is 46.5 Å². The summed E-state index contributed by atoms with van der Waals surface area (Å²) in [7, 11) is 1.91. The van der Waals surface area contributed by atoms with Crippen LogP contribution in [0.1, 0.15) is 62.1 Å². The summed E-state index contributed by atoms with van der Waals surface area (Å²) in [5.74, 6) is 1.94. The average molecular weight is 379 g/mol. The lowest BCUT2D eigenvalue weighted by molar-refractivity contribution is -0.116. The minimum Gasteiger partial charge on any atom is -0.339 e. The summed E-state index contributed by atoms with van der Waals surface area (Å²) < 4.78 is 7.17. The van der Waals surface area contributed by atoms with E-state index in [1.54, 1.807) is 6.20 Å². The van der Waals surface area contributed by atoms with Gasteiger partial charge in [0.1, 0.15) is 0 Å². The Labute approximate surface area is 164 Å². The molecule has 0 unspecified atom stereocenters. The topological polar surface area (TPSA) is 85.8 Å². The fourth-order valence-electron chi connectivity index (χ4n) is 3.31. The zero-order chi connectivity index (χ0) is 19.7. The first-order valence-electron chi connectivity index (χ1n) is 9.76. The minimum absolute atomic E-state index is 0.0732. The number of carbonyl (C=O) groups excluding carboxylic acids is 1. The highest BCUT2D eigenvalue weighted by Crippen LogP contribution is 2.43. The molecule has 0 radical (unpaired) electrons. The first kappa shape index (κ1) is 18.4. The maximum absolute atomic E-state index is 12.3. The van der Waals surface area contributed by atoms with Crippen molar-refractivity contribution in [3.05, 3.63) is 47.6 Å². The van der Waals surface area contributed by atoms with Crippen LogP contribution in [0.5, 0.6) is 0 Å². The Hall–Kier alpha value is -2.96. The molecule has 1 saturated carbocycles. The van der Waals surface area contributed by atoms with Crippen molar-refractivity contribution >= 4 is 11.6 Å². The van der Waals surface area contributed by atoms with Crippen molar-refractivity contribution in [1.82, 2.24) is 19.9 Å². The molecule has 2 aromatic heterocycles. The van der Waals surface area contributed by atoms with E-state index in [1.807, 2.05) is 23.9 Å². The molecule has 1 aliphatic carbocycles. The van der Waals surface area contributed by atoms with E-state index >= 15 is 0 Å². The van der Waals surface area contributed by atoms with Gasteiger partial charge >= 0.3 is 0 Å². The molecule has 7 nitrogen and oxygen atoms in total. The first-order valence-corrected chi connectivity index (χ1v) is 9.76. The SMILES string of the molecule is CC(C)c1ccc(-c2noc(CCC(=O)Nc3cnn(C)c3C3CC3)n2)cc1. The van der Waals surface area contributed by atoms with Gasteiger partial charge < -0.3 is 9.84 Å². The van der Waals surface area contributed by atoms with Gasteiger partial charge in [0, 0.05) is 31.4 Å². The van der Waals surface area contributed by atoms with Gasteiger partial charge in [0.2, 0.25) is 17.6 Å². The number of aromatic nitrogens is 4. The van der Waals surface area contributed by atoms with Crippen LogP contribution in [0.25, 0.3) is 11.4 Å². The van der Waals surface area contributed by atoms with Gasteiger partial charge in [0.05, 0.1) is 17.6 Å². The van der Waals surface area contributed by atoms with Crippen molar-refractivity contribution in [2.24, 2.45) is 7.05 Å². The van der Waals surface area contributed by atoms with Gasteiger partial charge in [-0.2, -0.15) is 10.1 Å². The predicted molar refractivity (Wildman–Crippen MR) is 106 cm³/mol. The number of hydrogen-bond acceptors (Lipinski definition) is 5. The second-order valence-corrected chi connectivity index (χ2v) is 7.68. The molecular weight excluding hydrogens is 354 g/mol. The Balaban J connectivity index is 1.35. The highest BCUT2D eigenvalue weighted by atomic mass is 16.5. The Morgan fingerprint density at radius 1 is 1.29 bits per heavy atom. The quantitative estimate of drug-likeness (QED) is 0.669. The number of hydrogen-bond donors (Lipinski definition) is 1. The van der Waals surface area contributed by atoms with E-state index in [0.29, 0.717) is 30.0 Å². The van der Waals surface area contributed by atoms with Crippen LogP contribution in [0, 0.1) is 0 Å². The lowest BCUT2D eigenvalue weighted by Crippen LogP contribution is -2.13. The van der Waals surface area contributed by atoms with Crippen LogP contribution in [0.2, 0.25) is 0 Å². The molecule has 146 valence electrons. The first-order chi connectivity index (χ1) is 13.5. The molecule has 1 fully saturated rings. The largest absolute Gasteiger partial charge is 0.339 e. The van der Waals surface area contributed by atoms with Crippen molar-refractivity contribution in [2.45, 2.75) is 51.4 Å². The smallest absolute Gasteiger partial charge is 0.227 e. The van der Waals surface area contributed by atoms with Crippen LogP contribution in [0.4, 0.5) is 5.69 Å². The number of rotatable bonds is 7. The van der Waals surface area contributed by atoms with Crippen molar-refractivity contribution in [3.63, 3.8) is 0 Å². The molecular formula is C21H25N5O2. The summed E-state index contributed by atoms with van der Waals surface area (Å²) in [6.07, 6.45) is 4.72. The molecule has 1 aromatic carbocycles. The van der Waals surface area contributed by atoms with Gasteiger partial charge in [-0.1, -0.05) is 43.3 Å². The molecule has 3 aromatic rings. The highest BCUT2D eigenvalue weighted by molar-refractivity contribution is 5.91. The number of carbonyl (C=O) groups is 1. The molecule has 2 heterocycles. The van der Waals surface area contributed by atoms with Crippen LogP contribution < -0.4 is 5.32 Å². The summed E-state index contributed by atoms with van der Waals surface area (Å²) in [6, 6.07) is 8.15. The molecule has 4 rings (SSSR count). The highest BCUT2D eigenvalue weighted by Gasteiger charge is 2.30. The molecule has 0 saturated heterocycles. The zero-order valence-electron chi connectivity index (χ0n) is 16.5. The van der Waals surface area contributed by atoms with Crippen LogP contribution in [-0.2, 0) is 18.3 Å². The van der Waals surface area contributed by atoms with Gasteiger partial charge in [-0.3, -0.25) is 9.48 Å². The fraction of sp³-hybridized carbons (Fsp3) is 0.429. The number of nitrogens with one attached hydrogen (secondary N) is 1. The number of aryl methyl sites for hydroxylation is 2. The summed E-state index contributed by atoms with van der Waals surface area (Å²) in [6.45, 7) is 4.32. The second kappa shape index (κ2) is 7.58. The third kappa shape index (κ3) is 3.98. The lowest BCUT2D eigenvalue weighted by Gasteiger charge is -2.06. The maximum atomic E-state index is 12.3. The molecule has 7 heteroatoms. The van der Waals surface area contributed by atoms with Gasteiger partial charge in [-0.25, -0.2) is 0 Å². The van der Waals surface area contributed by atoms with E-state index < -0.39 is 0 Å². The number of amides is 1. The summed E-state index contributed by atoms with van der Waals surface area (Å²) in [5.41, 5.74) is 4.10. The number of anilines is 1. The van der Waals surface area contributed by atoms with Crippen LogP contribution in [0.15, 0.2) is 35.0 Å². The fourth-order valence-corrected chi connectivity index (χ4v) is 3.31. The molecule has 28 heavy (non-hydrogen) atoms. The Morgan fingerprint density at radius 2 is 2.04 bits per heavy atom.